The Hall–Kier alpha value is -0.200. The molecule has 1 rings (SSSR count). The van der Waals surface area contributed by atoms with Gasteiger partial charge in [0.15, 0.2) is 0 Å². The van der Waals surface area contributed by atoms with Gasteiger partial charge in [0.25, 0.3) is 0 Å². The van der Waals surface area contributed by atoms with Crippen molar-refractivity contribution >= 4 is 10.1 Å². The van der Waals surface area contributed by atoms with Crippen molar-refractivity contribution in [3.63, 3.8) is 0 Å². The largest absolute Gasteiger partial charge is 1.00 e. The summed E-state index contributed by atoms with van der Waals surface area (Å²) in [4.78, 5) is -0.516. The van der Waals surface area contributed by atoms with Gasteiger partial charge in [0.05, 0.1) is 4.90 Å². The van der Waals surface area contributed by atoms with Gasteiger partial charge in [0, 0.05) is 5.56 Å². The summed E-state index contributed by atoms with van der Waals surface area (Å²) in [6.45, 7) is 3.36. The number of hydrogen-bond acceptors (Lipinski definition) is 3. The van der Waals surface area contributed by atoms with E-state index in [9.17, 15) is 17.4 Å². The molecule has 0 saturated heterocycles. The average molecular weight is 238 g/mol. The maximum absolute atomic E-state index is 13.1. The molecule has 0 heterocycles. The third-order valence-electron chi connectivity index (χ3n) is 1.69. The number of allylic oxidation sites excluding steroid dienone is 1. The molecule has 1 aromatic rings. The molecule has 6 heteroatoms. The fourth-order valence-electron chi connectivity index (χ4n) is 1.12. The van der Waals surface area contributed by atoms with E-state index < -0.39 is 20.8 Å². The van der Waals surface area contributed by atoms with Gasteiger partial charge in [0.1, 0.15) is 15.9 Å². The van der Waals surface area contributed by atoms with E-state index in [4.69, 9.17) is 0 Å². The van der Waals surface area contributed by atoms with Crippen molar-refractivity contribution in [2.45, 2.75) is 11.3 Å². The molecular weight excluding hydrogens is 230 g/mol. The van der Waals surface area contributed by atoms with E-state index in [2.05, 4.69) is 6.58 Å². The second-order valence-corrected chi connectivity index (χ2v) is 4.01. The normalized spacial score (nSPS) is 10.5. The van der Waals surface area contributed by atoms with E-state index in [-0.39, 0.29) is 41.5 Å². The summed E-state index contributed by atoms with van der Waals surface area (Å²) >= 11 is 0. The summed E-state index contributed by atoms with van der Waals surface area (Å²) < 4.78 is 45.3. The first kappa shape index (κ1) is 14.8. The maximum atomic E-state index is 13.1. The van der Waals surface area contributed by atoms with Crippen LogP contribution in [0, 0.1) is 5.82 Å². The van der Waals surface area contributed by atoms with Crippen LogP contribution in [0.4, 0.5) is 4.39 Å². The van der Waals surface area contributed by atoms with Crippen LogP contribution < -0.4 is 29.6 Å². The van der Waals surface area contributed by atoms with Crippen molar-refractivity contribution in [1.82, 2.24) is 0 Å². The van der Waals surface area contributed by atoms with Crippen LogP contribution in [-0.2, 0) is 16.5 Å². The predicted molar refractivity (Wildman–Crippen MR) is 48.3 cm³/mol. The zero-order valence-corrected chi connectivity index (χ0v) is 11.1. The SMILES string of the molecule is C=CCc1c(F)cccc1S(=O)(=O)[O-].[Na+]. The van der Waals surface area contributed by atoms with Crippen LogP contribution in [0.25, 0.3) is 0 Å². The molecule has 0 bridgehead atoms. The van der Waals surface area contributed by atoms with E-state index in [0.717, 1.165) is 12.1 Å². The predicted octanol–water partition coefficient (Wildman–Crippen LogP) is -1.54. The molecule has 0 atom stereocenters. The minimum Gasteiger partial charge on any atom is -0.744 e. The van der Waals surface area contributed by atoms with Gasteiger partial charge in [-0.2, -0.15) is 0 Å². The number of rotatable bonds is 3. The summed E-state index contributed by atoms with van der Waals surface area (Å²) in [5.41, 5.74) is -0.127. The maximum Gasteiger partial charge on any atom is 1.00 e. The standard InChI is InChI=1S/C9H9FO3S.Na/c1-2-4-7-8(10)5-3-6-9(7)14(11,12)13;/h2-3,5-6H,1,4H2,(H,11,12,13);/q;+1/p-1. The zero-order chi connectivity index (χ0) is 10.8. The molecule has 0 saturated carbocycles. The number of halogens is 1. The molecule has 0 unspecified atom stereocenters. The topological polar surface area (TPSA) is 57.2 Å². The minimum absolute atomic E-state index is 0. The fraction of sp³-hybridized carbons (Fsp3) is 0.111. The van der Waals surface area contributed by atoms with Gasteiger partial charge >= 0.3 is 29.6 Å². The van der Waals surface area contributed by atoms with E-state index in [0.29, 0.717) is 0 Å². The summed E-state index contributed by atoms with van der Waals surface area (Å²) in [7, 11) is -4.62. The number of hydrogen-bond donors (Lipinski definition) is 0. The fourth-order valence-corrected chi connectivity index (χ4v) is 1.84. The quantitative estimate of drug-likeness (QED) is 0.364. The third kappa shape index (κ3) is 3.70. The van der Waals surface area contributed by atoms with Crippen LogP contribution in [-0.4, -0.2) is 13.0 Å². The van der Waals surface area contributed by atoms with E-state index >= 15 is 0 Å². The first-order chi connectivity index (χ1) is 6.46. The smallest absolute Gasteiger partial charge is 0.744 e. The zero-order valence-electron chi connectivity index (χ0n) is 8.23. The van der Waals surface area contributed by atoms with Crippen LogP contribution in [0.3, 0.4) is 0 Å². The Morgan fingerprint density at radius 2 is 2.07 bits per heavy atom. The summed E-state index contributed by atoms with van der Waals surface area (Å²) in [6, 6.07) is 3.38. The van der Waals surface area contributed by atoms with Crippen molar-refractivity contribution < 1.29 is 46.9 Å². The summed E-state index contributed by atoms with van der Waals surface area (Å²) in [6.07, 6.45) is 1.36. The molecule has 0 fully saturated rings. The molecule has 1 aromatic carbocycles. The molecule has 0 aliphatic carbocycles. The van der Waals surface area contributed by atoms with Crippen LogP contribution in [0.5, 0.6) is 0 Å². The third-order valence-corrected chi connectivity index (χ3v) is 2.61. The van der Waals surface area contributed by atoms with Crippen molar-refractivity contribution in [1.29, 1.82) is 0 Å². The van der Waals surface area contributed by atoms with Gasteiger partial charge in [-0.15, -0.1) is 6.58 Å². The Kier molecular flexibility index (Phi) is 5.69. The van der Waals surface area contributed by atoms with Crippen molar-refractivity contribution in [3.8, 4) is 0 Å². The molecule has 0 aromatic heterocycles. The molecule has 0 radical (unpaired) electrons. The molecule has 0 N–H and O–H groups in total. The van der Waals surface area contributed by atoms with Gasteiger partial charge in [-0.3, -0.25) is 0 Å². The Labute approximate surface area is 110 Å². The second kappa shape index (κ2) is 5.77. The van der Waals surface area contributed by atoms with Crippen LogP contribution in [0.2, 0.25) is 0 Å². The van der Waals surface area contributed by atoms with Gasteiger partial charge in [-0.1, -0.05) is 12.1 Å². The molecule has 0 aliphatic rings. The van der Waals surface area contributed by atoms with Crippen LogP contribution >= 0.6 is 0 Å². The van der Waals surface area contributed by atoms with E-state index in [1.165, 1.54) is 12.1 Å². The monoisotopic (exact) mass is 238 g/mol. The first-order valence-corrected chi connectivity index (χ1v) is 5.22. The first-order valence-electron chi connectivity index (χ1n) is 3.81. The van der Waals surface area contributed by atoms with Crippen LogP contribution in [0.1, 0.15) is 5.56 Å². The van der Waals surface area contributed by atoms with Gasteiger partial charge in [0.2, 0.25) is 0 Å². The summed E-state index contributed by atoms with van der Waals surface area (Å²) in [5.74, 6) is -0.707. The Balaban J connectivity index is 0.00000196. The van der Waals surface area contributed by atoms with Crippen molar-refractivity contribution in [3.05, 3.63) is 42.2 Å². The minimum atomic E-state index is -4.62. The van der Waals surface area contributed by atoms with Gasteiger partial charge in [-0.25, -0.2) is 12.8 Å². The molecule has 0 spiro atoms. The second-order valence-electron chi connectivity index (χ2n) is 2.66. The van der Waals surface area contributed by atoms with Gasteiger partial charge in [-0.05, 0) is 18.6 Å². The van der Waals surface area contributed by atoms with Gasteiger partial charge < -0.3 is 4.55 Å². The molecule has 76 valence electrons. The molecule has 15 heavy (non-hydrogen) atoms. The molecule has 0 aliphatic heterocycles. The van der Waals surface area contributed by atoms with Crippen molar-refractivity contribution in [2.24, 2.45) is 0 Å². The molecule has 3 nitrogen and oxygen atoms in total. The molecule has 0 amide bonds. The van der Waals surface area contributed by atoms with E-state index in [1.807, 2.05) is 0 Å². The Bertz CT molecular complexity index is 456. The van der Waals surface area contributed by atoms with Crippen LogP contribution in [0.15, 0.2) is 35.7 Å². The summed E-state index contributed by atoms with van der Waals surface area (Å²) in [5, 5.41) is 0. The van der Waals surface area contributed by atoms with E-state index in [1.54, 1.807) is 0 Å². The Morgan fingerprint density at radius 3 is 2.53 bits per heavy atom. The Morgan fingerprint density at radius 1 is 1.47 bits per heavy atom. The number of benzene rings is 1. The molecular formula is C9H8FNaO3S. The average Bonchev–Trinajstić information content (AvgIpc) is 2.07. The van der Waals surface area contributed by atoms with Crippen molar-refractivity contribution in [2.75, 3.05) is 0 Å².